The van der Waals surface area contributed by atoms with E-state index in [-0.39, 0.29) is 12.1 Å². The zero-order valence-corrected chi connectivity index (χ0v) is 17.6. The van der Waals surface area contributed by atoms with Crippen molar-refractivity contribution in [2.75, 3.05) is 13.1 Å². The summed E-state index contributed by atoms with van der Waals surface area (Å²) in [6.07, 6.45) is 0.840. The molecule has 8 heteroatoms. The number of aromatic nitrogens is 2. The monoisotopic (exact) mass is 437 g/mol. The first-order chi connectivity index (χ1) is 12.6. The van der Waals surface area contributed by atoms with Gasteiger partial charge in [0.1, 0.15) is 5.60 Å². The average Bonchev–Trinajstić information content (AvgIpc) is 2.59. The molecule has 0 bridgehead atoms. The summed E-state index contributed by atoms with van der Waals surface area (Å²) in [5.74, 6) is 0. The predicted molar refractivity (Wildman–Crippen MR) is 107 cm³/mol. The van der Waals surface area contributed by atoms with Crippen LogP contribution in [0.1, 0.15) is 39.7 Å². The molecule has 0 atom stereocenters. The molecule has 1 aliphatic heterocycles. The van der Waals surface area contributed by atoms with Crippen LogP contribution in [0.25, 0.3) is 11.0 Å². The zero-order valence-electron chi connectivity index (χ0n) is 16.0. The molecular formula is C19H24BrN3O4. The summed E-state index contributed by atoms with van der Waals surface area (Å²) in [7, 11) is 1.61. The largest absolute Gasteiger partial charge is 0.444 e. The molecule has 2 aromatic rings. The van der Waals surface area contributed by atoms with Gasteiger partial charge in [0.05, 0.1) is 11.0 Å². The van der Waals surface area contributed by atoms with Gasteiger partial charge in [-0.25, -0.2) is 4.79 Å². The van der Waals surface area contributed by atoms with Crippen molar-refractivity contribution in [1.82, 2.24) is 14.0 Å². The van der Waals surface area contributed by atoms with Gasteiger partial charge in [0.15, 0.2) is 0 Å². The maximum absolute atomic E-state index is 12.7. The number of ether oxygens (including phenoxy) is 1. The fourth-order valence-electron chi connectivity index (χ4n) is 3.43. The van der Waals surface area contributed by atoms with Crippen molar-refractivity contribution in [1.29, 1.82) is 0 Å². The van der Waals surface area contributed by atoms with E-state index in [0.29, 0.717) is 37.0 Å². The lowest BCUT2D eigenvalue weighted by Gasteiger charge is -2.34. The van der Waals surface area contributed by atoms with Gasteiger partial charge in [-0.05, 0) is 51.8 Å². The van der Waals surface area contributed by atoms with E-state index in [9.17, 15) is 14.4 Å². The number of hydrogen-bond acceptors (Lipinski definition) is 4. The topological polar surface area (TPSA) is 73.5 Å². The second-order valence-corrected chi connectivity index (χ2v) is 8.79. The van der Waals surface area contributed by atoms with Gasteiger partial charge in [-0.15, -0.1) is 0 Å². The van der Waals surface area contributed by atoms with E-state index < -0.39 is 16.7 Å². The molecule has 1 aromatic carbocycles. The first kappa shape index (κ1) is 19.7. The van der Waals surface area contributed by atoms with E-state index >= 15 is 0 Å². The number of nitrogens with zero attached hydrogens (tertiary/aromatic N) is 3. The second kappa shape index (κ2) is 7.14. The molecule has 1 amide bonds. The summed E-state index contributed by atoms with van der Waals surface area (Å²) < 4.78 is 9.24. The zero-order chi connectivity index (χ0) is 19.9. The molecule has 0 saturated carbocycles. The number of aryl methyl sites for hydroxylation is 1. The summed E-state index contributed by atoms with van der Waals surface area (Å²) in [5, 5.41) is 0. The lowest BCUT2D eigenvalue weighted by molar-refractivity contribution is 0.0188. The van der Waals surface area contributed by atoms with Crippen molar-refractivity contribution in [2.45, 2.75) is 45.3 Å². The molecule has 3 rings (SSSR count). The molecule has 2 heterocycles. The summed E-state index contributed by atoms with van der Waals surface area (Å²) in [6.45, 7) is 6.47. The van der Waals surface area contributed by atoms with Crippen LogP contribution in [0.5, 0.6) is 0 Å². The first-order valence-corrected chi connectivity index (χ1v) is 9.76. The molecule has 1 saturated heterocycles. The molecule has 1 fully saturated rings. The van der Waals surface area contributed by atoms with E-state index in [2.05, 4.69) is 15.9 Å². The Bertz CT molecular complexity index is 995. The predicted octanol–water partition coefficient (Wildman–Crippen LogP) is 3.03. The Kier molecular flexibility index (Phi) is 5.20. The molecule has 27 heavy (non-hydrogen) atoms. The third-order valence-corrected chi connectivity index (χ3v) is 5.24. The number of halogens is 1. The fourth-order valence-corrected chi connectivity index (χ4v) is 3.78. The van der Waals surface area contributed by atoms with Crippen molar-refractivity contribution in [3.05, 3.63) is 43.4 Å². The Labute approximate surface area is 165 Å². The highest BCUT2D eigenvalue weighted by molar-refractivity contribution is 9.10. The Morgan fingerprint density at radius 2 is 1.74 bits per heavy atom. The molecule has 0 radical (unpaired) electrons. The van der Waals surface area contributed by atoms with Crippen LogP contribution in [-0.2, 0) is 11.8 Å². The van der Waals surface area contributed by atoms with Crippen molar-refractivity contribution in [3.8, 4) is 0 Å². The van der Waals surface area contributed by atoms with Crippen molar-refractivity contribution >= 4 is 33.1 Å². The van der Waals surface area contributed by atoms with Gasteiger partial charge >= 0.3 is 17.2 Å². The summed E-state index contributed by atoms with van der Waals surface area (Å²) in [5.41, 5.74) is -0.193. The van der Waals surface area contributed by atoms with Crippen LogP contribution in [0.3, 0.4) is 0 Å². The van der Waals surface area contributed by atoms with Gasteiger partial charge in [0, 0.05) is 30.7 Å². The number of rotatable bonds is 1. The van der Waals surface area contributed by atoms with Gasteiger partial charge in [-0.2, -0.15) is 0 Å². The minimum atomic E-state index is -0.543. The smallest absolute Gasteiger partial charge is 0.410 e. The van der Waals surface area contributed by atoms with Crippen LogP contribution in [0, 0.1) is 0 Å². The summed E-state index contributed by atoms with van der Waals surface area (Å²) in [6, 6.07) is 5.40. The molecule has 146 valence electrons. The van der Waals surface area contributed by atoms with E-state index in [1.54, 1.807) is 16.5 Å². The average molecular weight is 438 g/mol. The highest BCUT2D eigenvalue weighted by Crippen LogP contribution is 2.27. The van der Waals surface area contributed by atoms with Crippen LogP contribution in [-0.4, -0.2) is 38.8 Å². The van der Waals surface area contributed by atoms with Crippen LogP contribution in [0.2, 0.25) is 0 Å². The number of amides is 1. The number of fused-ring (bicyclic) bond motifs is 1. The third kappa shape index (κ3) is 3.95. The maximum atomic E-state index is 12.7. The van der Waals surface area contributed by atoms with Crippen LogP contribution >= 0.6 is 15.9 Å². The number of likely N-dealkylation sites (tertiary alicyclic amines) is 1. The van der Waals surface area contributed by atoms with Crippen LogP contribution in [0.4, 0.5) is 4.79 Å². The Hall–Kier alpha value is -2.09. The Morgan fingerprint density at radius 3 is 2.33 bits per heavy atom. The molecule has 1 aliphatic rings. The van der Waals surface area contributed by atoms with E-state index in [1.165, 1.54) is 4.57 Å². The number of carbonyl (C=O) groups is 1. The van der Waals surface area contributed by atoms with Gasteiger partial charge in [0.25, 0.3) is 0 Å². The molecule has 0 N–H and O–H groups in total. The molecule has 0 unspecified atom stereocenters. The minimum absolute atomic E-state index is 0.137. The summed E-state index contributed by atoms with van der Waals surface area (Å²) in [4.78, 5) is 39.0. The maximum Gasteiger partial charge on any atom is 0.410 e. The van der Waals surface area contributed by atoms with E-state index in [1.807, 2.05) is 39.0 Å². The highest BCUT2D eigenvalue weighted by Gasteiger charge is 2.29. The summed E-state index contributed by atoms with van der Waals surface area (Å²) >= 11 is 3.44. The van der Waals surface area contributed by atoms with Crippen molar-refractivity contribution < 1.29 is 9.53 Å². The lowest BCUT2D eigenvalue weighted by atomic mass is 10.0. The third-order valence-electron chi connectivity index (χ3n) is 4.75. The van der Waals surface area contributed by atoms with Gasteiger partial charge in [-0.3, -0.25) is 14.2 Å². The number of hydrogen-bond donors (Lipinski definition) is 0. The lowest BCUT2D eigenvalue weighted by Crippen LogP contribution is -2.46. The quantitative estimate of drug-likeness (QED) is 0.642. The number of piperidine rings is 1. The van der Waals surface area contributed by atoms with Crippen LogP contribution in [0.15, 0.2) is 32.3 Å². The molecule has 1 aromatic heterocycles. The van der Waals surface area contributed by atoms with Crippen LogP contribution < -0.4 is 11.1 Å². The normalized spacial score (nSPS) is 16.0. The number of carbonyl (C=O) groups excluding carboxylic acids is 1. The highest BCUT2D eigenvalue weighted by atomic mass is 79.9. The minimum Gasteiger partial charge on any atom is -0.444 e. The standard InChI is InChI=1S/C19H24BrN3O4/c1-19(2,3)27-18(26)22-9-7-13(8-10-22)23-15-11-12(20)5-6-14(15)21(4)16(24)17(23)25/h5-6,11,13H,7-10H2,1-4H3. The van der Waals surface area contributed by atoms with Crippen molar-refractivity contribution in [2.24, 2.45) is 7.05 Å². The molecule has 0 aliphatic carbocycles. The van der Waals surface area contributed by atoms with Crippen molar-refractivity contribution in [3.63, 3.8) is 0 Å². The van der Waals surface area contributed by atoms with E-state index in [0.717, 1.165) is 4.47 Å². The Morgan fingerprint density at radius 1 is 1.11 bits per heavy atom. The Balaban J connectivity index is 1.92. The second-order valence-electron chi connectivity index (χ2n) is 7.87. The SMILES string of the molecule is Cn1c(=O)c(=O)n(C2CCN(C(=O)OC(C)(C)C)CC2)c2cc(Br)ccc21. The van der Waals surface area contributed by atoms with E-state index in [4.69, 9.17) is 4.74 Å². The fraction of sp³-hybridized carbons (Fsp3) is 0.526. The first-order valence-electron chi connectivity index (χ1n) is 8.97. The molecule has 0 spiro atoms. The van der Waals surface area contributed by atoms with Gasteiger partial charge in [-0.1, -0.05) is 15.9 Å². The molecule has 7 nitrogen and oxygen atoms in total. The molecular weight excluding hydrogens is 414 g/mol. The van der Waals surface area contributed by atoms with Gasteiger partial charge in [0.2, 0.25) is 0 Å². The number of benzene rings is 1. The van der Waals surface area contributed by atoms with Gasteiger partial charge < -0.3 is 14.2 Å².